The highest BCUT2D eigenvalue weighted by Crippen LogP contribution is 2.12. The van der Waals surface area contributed by atoms with Crippen LogP contribution in [0.15, 0.2) is 16.8 Å². The van der Waals surface area contributed by atoms with Crippen molar-refractivity contribution in [1.82, 2.24) is 25.4 Å². The highest BCUT2D eigenvalue weighted by molar-refractivity contribution is 5.46. The second kappa shape index (κ2) is 5.49. The summed E-state index contributed by atoms with van der Waals surface area (Å²) in [5.74, 6) is 1.83. The lowest BCUT2D eigenvalue weighted by Gasteiger charge is -1.95. The van der Waals surface area contributed by atoms with Crippen LogP contribution in [-0.2, 0) is 6.42 Å². The van der Waals surface area contributed by atoms with Crippen LogP contribution in [0.4, 0.5) is 0 Å². The Morgan fingerprint density at radius 2 is 2.24 bits per heavy atom. The van der Waals surface area contributed by atoms with Gasteiger partial charge in [0.2, 0.25) is 11.7 Å². The average Bonchev–Trinajstić information content (AvgIpc) is 2.78. The first-order valence-electron chi connectivity index (χ1n) is 5.63. The zero-order valence-electron chi connectivity index (χ0n) is 9.97. The Labute approximate surface area is 99.5 Å². The Morgan fingerprint density at radius 1 is 1.35 bits per heavy atom. The number of hydrogen-bond acceptors (Lipinski definition) is 6. The molecule has 0 spiro atoms. The van der Waals surface area contributed by atoms with E-state index < -0.39 is 0 Å². The first-order chi connectivity index (χ1) is 8.29. The third-order valence-electron chi connectivity index (χ3n) is 2.24. The standard InChI is InChI=1S/C11H15N5O/c1-3-12-6-5-10-15-11(16-17-10)9-4-7-13-8(2)14-9/h4,7,12H,3,5-6H2,1-2H3. The number of nitrogens with one attached hydrogen (secondary N) is 1. The molecule has 0 aliphatic heterocycles. The summed E-state index contributed by atoms with van der Waals surface area (Å²) in [6.07, 6.45) is 2.41. The molecule has 0 bridgehead atoms. The SMILES string of the molecule is CCNCCc1nc(-c2ccnc(C)n2)no1. The maximum Gasteiger partial charge on any atom is 0.228 e. The third kappa shape index (κ3) is 3.07. The van der Waals surface area contributed by atoms with Crippen molar-refractivity contribution in [1.29, 1.82) is 0 Å². The van der Waals surface area contributed by atoms with E-state index in [-0.39, 0.29) is 0 Å². The maximum absolute atomic E-state index is 5.14. The lowest BCUT2D eigenvalue weighted by atomic mass is 10.3. The highest BCUT2D eigenvalue weighted by Gasteiger charge is 2.09. The second-order valence-corrected chi connectivity index (χ2v) is 3.60. The number of likely N-dealkylation sites (N-methyl/N-ethyl adjacent to an activating group) is 1. The van der Waals surface area contributed by atoms with Gasteiger partial charge in [-0.3, -0.25) is 0 Å². The van der Waals surface area contributed by atoms with Crippen LogP contribution in [0.5, 0.6) is 0 Å². The van der Waals surface area contributed by atoms with Crippen molar-refractivity contribution in [2.45, 2.75) is 20.3 Å². The van der Waals surface area contributed by atoms with Crippen molar-refractivity contribution >= 4 is 0 Å². The van der Waals surface area contributed by atoms with Crippen LogP contribution in [0, 0.1) is 6.92 Å². The molecule has 0 unspecified atom stereocenters. The van der Waals surface area contributed by atoms with Gasteiger partial charge in [0.1, 0.15) is 11.5 Å². The van der Waals surface area contributed by atoms with Crippen LogP contribution in [0.1, 0.15) is 18.6 Å². The van der Waals surface area contributed by atoms with Gasteiger partial charge in [0.05, 0.1) is 0 Å². The molecule has 0 atom stereocenters. The van der Waals surface area contributed by atoms with Gasteiger partial charge in [-0.1, -0.05) is 12.1 Å². The molecule has 2 aromatic heterocycles. The zero-order chi connectivity index (χ0) is 12.1. The molecule has 0 radical (unpaired) electrons. The minimum Gasteiger partial charge on any atom is -0.339 e. The van der Waals surface area contributed by atoms with Gasteiger partial charge < -0.3 is 9.84 Å². The molecule has 90 valence electrons. The van der Waals surface area contributed by atoms with E-state index in [2.05, 4.69) is 32.3 Å². The number of aromatic nitrogens is 4. The normalized spacial score (nSPS) is 10.7. The van der Waals surface area contributed by atoms with Gasteiger partial charge in [0, 0.05) is 19.2 Å². The number of hydrogen-bond donors (Lipinski definition) is 1. The fraction of sp³-hybridized carbons (Fsp3) is 0.455. The third-order valence-corrected chi connectivity index (χ3v) is 2.24. The molecule has 0 aliphatic carbocycles. The van der Waals surface area contributed by atoms with Crippen LogP contribution in [0.2, 0.25) is 0 Å². The molecule has 0 aromatic carbocycles. The average molecular weight is 233 g/mol. The van der Waals surface area contributed by atoms with Gasteiger partial charge >= 0.3 is 0 Å². The minimum absolute atomic E-state index is 0.516. The summed E-state index contributed by atoms with van der Waals surface area (Å²) in [7, 11) is 0. The van der Waals surface area contributed by atoms with Gasteiger partial charge in [0.15, 0.2) is 0 Å². The van der Waals surface area contributed by atoms with E-state index in [0.29, 0.717) is 23.2 Å². The lowest BCUT2D eigenvalue weighted by Crippen LogP contribution is -2.16. The molecule has 1 N–H and O–H groups in total. The van der Waals surface area contributed by atoms with Crippen molar-refractivity contribution in [2.24, 2.45) is 0 Å². The summed E-state index contributed by atoms with van der Waals surface area (Å²) in [6, 6.07) is 1.77. The van der Waals surface area contributed by atoms with Gasteiger partial charge in [-0.2, -0.15) is 4.98 Å². The van der Waals surface area contributed by atoms with E-state index in [1.807, 2.05) is 6.92 Å². The van der Waals surface area contributed by atoms with E-state index in [1.165, 1.54) is 0 Å². The summed E-state index contributed by atoms with van der Waals surface area (Å²) in [5.41, 5.74) is 0.691. The molecule has 2 heterocycles. The molecular formula is C11H15N5O. The molecule has 0 aliphatic rings. The minimum atomic E-state index is 0.516. The fourth-order valence-electron chi connectivity index (χ4n) is 1.41. The monoisotopic (exact) mass is 233 g/mol. The van der Waals surface area contributed by atoms with E-state index >= 15 is 0 Å². The van der Waals surface area contributed by atoms with Crippen LogP contribution in [0.25, 0.3) is 11.5 Å². The predicted molar refractivity (Wildman–Crippen MR) is 62.3 cm³/mol. The Balaban J connectivity index is 2.07. The summed E-state index contributed by atoms with van der Waals surface area (Å²) in [6.45, 7) is 5.66. The molecule has 17 heavy (non-hydrogen) atoms. The Kier molecular flexibility index (Phi) is 3.77. The van der Waals surface area contributed by atoms with E-state index in [9.17, 15) is 0 Å². The van der Waals surface area contributed by atoms with Crippen molar-refractivity contribution in [3.8, 4) is 11.5 Å². The molecule has 6 heteroatoms. The zero-order valence-corrected chi connectivity index (χ0v) is 9.97. The van der Waals surface area contributed by atoms with Crippen LogP contribution < -0.4 is 5.32 Å². The van der Waals surface area contributed by atoms with E-state index in [4.69, 9.17) is 4.52 Å². The Hall–Kier alpha value is -1.82. The first kappa shape index (κ1) is 11.7. The highest BCUT2D eigenvalue weighted by atomic mass is 16.5. The van der Waals surface area contributed by atoms with Gasteiger partial charge in [-0.05, 0) is 19.5 Å². The molecule has 0 amide bonds. The Morgan fingerprint density at radius 3 is 3.00 bits per heavy atom. The summed E-state index contributed by atoms with van der Waals surface area (Å²) < 4.78 is 5.14. The summed E-state index contributed by atoms with van der Waals surface area (Å²) in [5, 5.41) is 7.10. The molecule has 6 nitrogen and oxygen atoms in total. The number of nitrogens with zero attached hydrogens (tertiary/aromatic N) is 4. The molecule has 0 fully saturated rings. The van der Waals surface area contributed by atoms with Gasteiger partial charge in [-0.15, -0.1) is 0 Å². The van der Waals surface area contributed by atoms with Crippen molar-refractivity contribution in [2.75, 3.05) is 13.1 Å². The van der Waals surface area contributed by atoms with Crippen molar-refractivity contribution in [3.63, 3.8) is 0 Å². The predicted octanol–water partition coefficient (Wildman–Crippen LogP) is 0.987. The molecular weight excluding hydrogens is 218 g/mol. The molecule has 2 rings (SSSR count). The first-order valence-corrected chi connectivity index (χ1v) is 5.63. The van der Waals surface area contributed by atoms with Crippen LogP contribution >= 0.6 is 0 Å². The van der Waals surface area contributed by atoms with E-state index in [0.717, 1.165) is 19.5 Å². The van der Waals surface area contributed by atoms with Crippen LogP contribution in [0.3, 0.4) is 0 Å². The van der Waals surface area contributed by atoms with Gasteiger partial charge in [-0.25, -0.2) is 9.97 Å². The molecule has 0 saturated heterocycles. The van der Waals surface area contributed by atoms with Crippen molar-refractivity contribution in [3.05, 3.63) is 24.0 Å². The van der Waals surface area contributed by atoms with Crippen LogP contribution in [-0.4, -0.2) is 33.2 Å². The largest absolute Gasteiger partial charge is 0.339 e. The second-order valence-electron chi connectivity index (χ2n) is 3.60. The van der Waals surface area contributed by atoms with Gasteiger partial charge in [0.25, 0.3) is 0 Å². The fourth-order valence-corrected chi connectivity index (χ4v) is 1.41. The maximum atomic E-state index is 5.14. The lowest BCUT2D eigenvalue weighted by molar-refractivity contribution is 0.376. The van der Waals surface area contributed by atoms with E-state index in [1.54, 1.807) is 12.3 Å². The summed E-state index contributed by atoms with van der Waals surface area (Å²) >= 11 is 0. The summed E-state index contributed by atoms with van der Waals surface area (Å²) in [4.78, 5) is 12.6. The number of rotatable bonds is 5. The smallest absolute Gasteiger partial charge is 0.228 e. The quantitative estimate of drug-likeness (QED) is 0.776. The Bertz CT molecular complexity index is 482. The van der Waals surface area contributed by atoms with Crippen molar-refractivity contribution < 1.29 is 4.52 Å². The molecule has 0 saturated carbocycles. The topological polar surface area (TPSA) is 76.7 Å². The number of aryl methyl sites for hydroxylation is 1. The molecule has 2 aromatic rings.